The lowest BCUT2D eigenvalue weighted by atomic mass is 10.1. The summed E-state index contributed by atoms with van der Waals surface area (Å²) in [7, 11) is 0. The zero-order valence-corrected chi connectivity index (χ0v) is 10.4. The third-order valence-corrected chi connectivity index (χ3v) is 3.17. The van der Waals surface area contributed by atoms with Crippen molar-refractivity contribution >= 4 is 5.91 Å². The largest absolute Gasteiger partial charge is 0.370 e. The van der Waals surface area contributed by atoms with Crippen molar-refractivity contribution in [1.29, 1.82) is 0 Å². The van der Waals surface area contributed by atoms with Gasteiger partial charge in [0.15, 0.2) is 0 Å². The minimum atomic E-state index is -0.137. The number of benzene rings is 1. The average Bonchev–Trinajstić information content (AvgIpc) is 3.02. The van der Waals surface area contributed by atoms with Crippen molar-refractivity contribution in [3.63, 3.8) is 0 Å². The van der Waals surface area contributed by atoms with E-state index in [2.05, 4.69) is 5.16 Å². The van der Waals surface area contributed by atoms with Crippen LogP contribution in [0.4, 0.5) is 0 Å². The molecule has 1 amide bonds. The minimum Gasteiger partial charge on any atom is -0.370 e. The summed E-state index contributed by atoms with van der Waals surface area (Å²) in [5.41, 5.74) is 1.08. The second-order valence-electron chi connectivity index (χ2n) is 4.40. The van der Waals surface area contributed by atoms with Gasteiger partial charge in [-0.3, -0.25) is 4.79 Å². The fraction of sp³-hybridized carbons (Fsp3) is 0.286. The van der Waals surface area contributed by atoms with Crippen LogP contribution in [-0.2, 0) is 4.74 Å². The Morgan fingerprint density at radius 2 is 2.11 bits per heavy atom. The number of hydrogen-bond acceptors (Lipinski definition) is 4. The van der Waals surface area contributed by atoms with Gasteiger partial charge in [0.25, 0.3) is 5.91 Å². The van der Waals surface area contributed by atoms with E-state index in [1.165, 1.54) is 6.20 Å². The Morgan fingerprint density at radius 3 is 2.84 bits per heavy atom. The topological polar surface area (TPSA) is 55.6 Å². The summed E-state index contributed by atoms with van der Waals surface area (Å²) in [6.45, 7) is 1.63. The monoisotopic (exact) mass is 258 g/mol. The fourth-order valence-corrected chi connectivity index (χ4v) is 2.19. The molecule has 1 aliphatic heterocycles. The summed E-state index contributed by atoms with van der Waals surface area (Å²) < 4.78 is 10.6. The smallest absolute Gasteiger partial charge is 0.292 e. The second kappa shape index (κ2) is 5.24. The number of morpholine rings is 1. The molecular weight excluding hydrogens is 244 g/mol. The summed E-state index contributed by atoms with van der Waals surface area (Å²) in [5.74, 6) is 0.135. The number of hydrogen-bond donors (Lipinski definition) is 0. The third-order valence-electron chi connectivity index (χ3n) is 3.17. The summed E-state index contributed by atoms with van der Waals surface area (Å²) in [5, 5.41) is 3.56. The van der Waals surface area contributed by atoms with Gasteiger partial charge in [0, 0.05) is 12.6 Å². The molecule has 2 aromatic rings. The molecule has 3 rings (SSSR count). The molecule has 1 saturated heterocycles. The van der Waals surface area contributed by atoms with Crippen molar-refractivity contribution < 1.29 is 14.1 Å². The Labute approximate surface area is 110 Å². The predicted octanol–water partition coefficient (Wildman–Crippen LogP) is 1.89. The van der Waals surface area contributed by atoms with E-state index >= 15 is 0 Å². The van der Waals surface area contributed by atoms with E-state index in [1.807, 2.05) is 30.3 Å². The zero-order valence-electron chi connectivity index (χ0n) is 10.4. The Morgan fingerprint density at radius 1 is 1.26 bits per heavy atom. The quantitative estimate of drug-likeness (QED) is 0.825. The third kappa shape index (κ3) is 2.51. The van der Waals surface area contributed by atoms with Gasteiger partial charge in [-0.2, -0.15) is 0 Å². The van der Waals surface area contributed by atoms with Crippen LogP contribution >= 0.6 is 0 Å². The summed E-state index contributed by atoms with van der Waals surface area (Å²) in [4.78, 5) is 13.9. The maximum Gasteiger partial charge on any atom is 0.292 e. The van der Waals surface area contributed by atoms with Gasteiger partial charge in [0.05, 0.1) is 19.3 Å². The van der Waals surface area contributed by atoms with Crippen LogP contribution in [0.1, 0.15) is 22.2 Å². The molecule has 1 unspecified atom stereocenters. The lowest BCUT2D eigenvalue weighted by Crippen LogP contribution is -2.42. The van der Waals surface area contributed by atoms with Crippen LogP contribution in [0.3, 0.4) is 0 Å². The van der Waals surface area contributed by atoms with Crippen LogP contribution in [-0.4, -0.2) is 35.7 Å². The predicted molar refractivity (Wildman–Crippen MR) is 67.5 cm³/mol. The van der Waals surface area contributed by atoms with E-state index in [0.29, 0.717) is 19.7 Å². The first-order valence-corrected chi connectivity index (χ1v) is 6.21. The molecule has 1 aromatic heterocycles. The molecule has 19 heavy (non-hydrogen) atoms. The molecule has 0 saturated carbocycles. The van der Waals surface area contributed by atoms with Crippen LogP contribution in [0.2, 0.25) is 0 Å². The highest BCUT2D eigenvalue weighted by atomic mass is 16.5. The first-order valence-electron chi connectivity index (χ1n) is 6.21. The molecule has 0 spiro atoms. The van der Waals surface area contributed by atoms with Crippen LogP contribution in [0.5, 0.6) is 0 Å². The molecule has 2 heterocycles. The lowest BCUT2D eigenvalue weighted by molar-refractivity contribution is -0.0240. The van der Waals surface area contributed by atoms with Gasteiger partial charge in [-0.15, -0.1) is 0 Å². The van der Waals surface area contributed by atoms with Crippen LogP contribution in [0, 0.1) is 0 Å². The van der Waals surface area contributed by atoms with Crippen molar-refractivity contribution in [1.82, 2.24) is 10.1 Å². The van der Waals surface area contributed by atoms with Gasteiger partial charge in [-0.1, -0.05) is 35.5 Å². The Bertz CT molecular complexity index is 539. The highest BCUT2D eigenvalue weighted by molar-refractivity contribution is 5.91. The van der Waals surface area contributed by atoms with Gasteiger partial charge < -0.3 is 14.2 Å². The highest BCUT2D eigenvalue weighted by Crippen LogP contribution is 2.22. The van der Waals surface area contributed by atoms with E-state index in [9.17, 15) is 4.79 Å². The Balaban J connectivity index is 1.73. The van der Waals surface area contributed by atoms with Gasteiger partial charge in [0.2, 0.25) is 5.76 Å². The van der Waals surface area contributed by atoms with Gasteiger partial charge in [0.1, 0.15) is 6.10 Å². The van der Waals surface area contributed by atoms with Crippen LogP contribution < -0.4 is 0 Å². The van der Waals surface area contributed by atoms with Crippen LogP contribution in [0.15, 0.2) is 47.1 Å². The molecule has 98 valence electrons. The van der Waals surface area contributed by atoms with E-state index < -0.39 is 0 Å². The van der Waals surface area contributed by atoms with Crippen molar-refractivity contribution in [3.05, 3.63) is 53.9 Å². The molecule has 0 bridgehead atoms. The van der Waals surface area contributed by atoms with E-state index in [4.69, 9.17) is 9.26 Å². The van der Waals surface area contributed by atoms with Crippen molar-refractivity contribution in [2.45, 2.75) is 6.10 Å². The van der Waals surface area contributed by atoms with E-state index in [-0.39, 0.29) is 17.8 Å². The molecule has 1 aromatic carbocycles. The first-order chi connectivity index (χ1) is 9.34. The fourth-order valence-electron chi connectivity index (χ4n) is 2.19. The molecule has 1 fully saturated rings. The van der Waals surface area contributed by atoms with Gasteiger partial charge in [-0.05, 0) is 5.56 Å². The lowest BCUT2D eigenvalue weighted by Gasteiger charge is -2.32. The maximum atomic E-state index is 12.2. The average molecular weight is 258 g/mol. The highest BCUT2D eigenvalue weighted by Gasteiger charge is 2.27. The minimum absolute atomic E-state index is 0.0816. The molecule has 5 heteroatoms. The zero-order chi connectivity index (χ0) is 13.1. The van der Waals surface area contributed by atoms with Gasteiger partial charge in [-0.25, -0.2) is 0 Å². The summed E-state index contributed by atoms with van der Waals surface area (Å²) in [6.07, 6.45) is 1.39. The first kappa shape index (κ1) is 11.9. The van der Waals surface area contributed by atoms with E-state index in [0.717, 1.165) is 5.56 Å². The number of nitrogens with zero attached hydrogens (tertiary/aromatic N) is 2. The Hall–Kier alpha value is -2.14. The maximum absolute atomic E-state index is 12.2. The second-order valence-corrected chi connectivity index (χ2v) is 4.40. The van der Waals surface area contributed by atoms with Gasteiger partial charge >= 0.3 is 0 Å². The number of carbonyl (C=O) groups is 1. The molecule has 0 N–H and O–H groups in total. The number of rotatable bonds is 2. The SMILES string of the molecule is O=C(c1ccno1)N1CCOC(c2ccccc2)C1. The molecule has 1 aliphatic rings. The summed E-state index contributed by atoms with van der Waals surface area (Å²) in [6, 6.07) is 11.5. The van der Waals surface area contributed by atoms with Crippen molar-refractivity contribution in [3.8, 4) is 0 Å². The van der Waals surface area contributed by atoms with Crippen molar-refractivity contribution in [2.75, 3.05) is 19.7 Å². The number of aromatic nitrogens is 1. The standard InChI is InChI=1S/C14H14N2O3/c17-14(12-6-7-15-19-12)16-8-9-18-13(10-16)11-4-2-1-3-5-11/h1-7,13H,8-10H2. The van der Waals surface area contributed by atoms with Crippen LogP contribution in [0.25, 0.3) is 0 Å². The van der Waals surface area contributed by atoms with E-state index in [1.54, 1.807) is 11.0 Å². The number of ether oxygens (including phenoxy) is 1. The summed E-state index contributed by atoms with van der Waals surface area (Å²) >= 11 is 0. The Kier molecular flexibility index (Phi) is 3.29. The number of amides is 1. The number of carbonyl (C=O) groups excluding carboxylic acids is 1. The molecule has 1 atom stereocenters. The molecule has 0 radical (unpaired) electrons. The molecular formula is C14H14N2O3. The van der Waals surface area contributed by atoms with Crippen molar-refractivity contribution in [2.24, 2.45) is 0 Å². The molecule has 5 nitrogen and oxygen atoms in total. The molecule has 0 aliphatic carbocycles. The normalized spacial score (nSPS) is 19.4.